The lowest BCUT2D eigenvalue weighted by Gasteiger charge is -2.39. The van der Waals surface area contributed by atoms with Crippen molar-refractivity contribution < 1.29 is 23.1 Å². The van der Waals surface area contributed by atoms with Gasteiger partial charge in [-0.15, -0.1) is 0 Å². The van der Waals surface area contributed by atoms with Crippen LogP contribution >= 0.6 is 0 Å². The van der Waals surface area contributed by atoms with Crippen LogP contribution in [0.4, 0.5) is 14.5 Å². The van der Waals surface area contributed by atoms with Gasteiger partial charge in [-0.25, -0.2) is 0 Å². The Bertz CT molecular complexity index is 839. The number of piperazine rings is 1. The SMILES string of the molecule is Cc1ccc(N2C[C@H](C)N(C(=O)c3cccc(OC(F)F)c3)CC2=O)cc1. The molecule has 27 heavy (non-hydrogen) atoms. The number of aryl methyl sites for hydroxylation is 1. The molecule has 2 aromatic carbocycles. The maximum atomic E-state index is 12.8. The van der Waals surface area contributed by atoms with Crippen molar-refractivity contribution in [1.82, 2.24) is 4.90 Å². The van der Waals surface area contributed by atoms with Gasteiger partial charge >= 0.3 is 6.61 Å². The summed E-state index contributed by atoms with van der Waals surface area (Å²) in [7, 11) is 0. The van der Waals surface area contributed by atoms with E-state index in [-0.39, 0.29) is 35.7 Å². The summed E-state index contributed by atoms with van der Waals surface area (Å²) in [5.74, 6) is -0.669. The van der Waals surface area contributed by atoms with Crippen LogP contribution in [0.5, 0.6) is 5.75 Å². The highest BCUT2D eigenvalue weighted by atomic mass is 19.3. The normalized spacial score (nSPS) is 17.4. The second-order valence-electron chi connectivity index (χ2n) is 6.53. The zero-order chi connectivity index (χ0) is 19.6. The van der Waals surface area contributed by atoms with Gasteiger partial charge in [0.2, 0.25) is 5.91 Å². The van der Waals surface area contributed by atoms with E-state index < -0.39 is 6.61 Å². The smallest absolute Gasteiger partial charge is 0.387 e. The monoisotopic (exact) mass is 374 g/mol. The lowest BCUT2D eigenvalue weighted by Crippen LogP contribution is -2.57. The Labute approximate surface area is 156 Å². The van der Waals surface area contributed by atoms with Gasteiger partial charge < -0.3 is 14.5 Å². The first-order valence-electron chi connectivity index (χ1n) is 8.58. The second-order valence-corrected chi connectivity index (χ2v) is 6.53. The second kappa shape index (κ2) is 7.73. The maximum absolute atomic E-state index is 12.8. The molecule has 1 aliphatic rings. The molecule has 0 saturated carbocycles. The van der Waals surface area contributed by atoms with E-state index in [4.69, 9.17) is 0 Å². The third-order valence-corrected chi connectivity index (χ3v) is 4.50. The van der Waals surface area contributed by atoms with Crippen molar-refractivity contribution in [3.05, 3.63) is 59.7 Å². The minimum atomic E-state index is -2.96. The summed E-state index contributed by atoms with van der Waals surface area (Å²) in [6, 6.07) is 13.0. The minimum Gasteiger partial charge on any atom is -0.435 e. The number of carbonyl (C=O) groups excluding carboxylic acids is 2. The van der Waals surface area contributed by atoms with E-state index in [1.54, 1.807) is 4.90 Å². The van der Waals surface area contributed by atoms with Gasteiger partial charge in [0.1, 0.15) is 12.3 Å². The van der Waals surface area contributed by atoms with Gasteiger partial charge in [0, 0.05) is 23.8 Å². The molecule has 0 aromatic heterocycles. The van der Waals surface area contributed by atoms with Crippen LogP contribution < -0.4 is 9.64 Å². The summed E-state index contributed by atoms with van der Waals surface area (Å²) >= 11 is 0. The average molecular weight is 374 g/mol. The first-order valence-corrected chi connectivity index (χ1v) is 8.58. The summed E-state index contributed by atoms with van der Waals surface area (Å²) in [6.45, 7) is 1.14. The first-order chi connectivity index (χ1) is 12.8. The molecule has 0 radical (unpaired) electrons. The van der Waals surface area contributed by atoms with Gasteiger partial charge in [0.25, 0.3) is 5.91 Å². The van der Waals surface area contributed by atoms with Crippen molar-refractivity contribution in [1.29, 1.82) is 0 Å². The highest BCUT2D eigenvalue weighted by molar-refractivity contribution is 6.02. The molecule has 142 valence electrons. The zero-order valence-electron chi connectivity index (χ0n) is 15.1. The van der Waals surface area contributed by atoms with Crippen molar-refractivity contribution in [2.24, 2.45) is 0 Å². The van der Waals surface area contributed by atoms with E-state index in [9.17, 15) is 18.4 Å². The summed E-state index contributed by atoms with van der Waals surface area (Å²) in [6.07, 6.45) is 0. The quantitative estimate of drug-likeness (QED) is 0.823. The number of halogens is 2. The molecular weight excluding hydrogens is 354 g/mol. The van der Waals surface area contributed by atoms with Gasteiger partial charge in [0.05, 0.1) is 0 Å². The van der Waals surface area contributed by atoms with E-state index >= 15 is 0 Å². The summed E-state index contributed by atoms with van der Waals surface area (Å²) < 4.78 is 29.1. The molecule has 2 amide bonds. The number of ether oxygens (including phenoxy) is 1. The van der Waals surface area contributed by atoms with E-state index in [1.165, 1.54) is 29.2 Å². The van der Waals surface area contributed by atoms with Crippen LogP contribution in [0, 0.1) is 6.92 Å². The standard InChI is InChI=1S/C20H20F2N2O3/c1-13-6-8-16(9-7-13)24-11-14(2)23(12-18(24)25)19(26)15-4-3-5-17(10-15)27-20(21)22/h3-10,14,20H,11-12H2,1-2H3/t14-/m0/s1. The Hall–Kier alpha value is -2.96. The summed E-state index contributed by atoms with van der Waals surface area (Å²) in [4.78, 5) is 28.5. The third-order valence-electron chi connectivity index (χ3n) is 4.50. The van der Waals surface area contributed by atoms with E-state index in [0.717, 1.165) is 11.3 Å². The minimum absolute atomic E-state index is 0.0756. The van der Waals surface area contributed by atoms with Crippen LogP contribution in [0.15, 0.2) is 48.5 Å². The van der Waals surface area contributed by atoms with Crippen LogP contribution in [-0.2, 0) is 4.79 Å². The summed E-state index contributed by atoms with van der Waals surface area (Å²) in [5.41, 5.74) is 2.09. The van der Waals surface area contributed by atoms with Gasteiger partial charge in [-0.2, -0.15) is 8.78 Å². The Morgan fingerprint density at radius 2 is 1.89 bits per heavy atom. The lowest BCUT2D eigenvalue weighted by molar-refractivity contribution is -0.121. The number of anilines is 1. The van der Waals surface area contributed by atoms with Gasteiger partial charge in [-0.05, 0) is 44.2 Å². The molecule has 2 aromatic rings. The molecule has 3 rings (SSSR count). The van der Waals surface area contributed by atoms with Crippen molar-refractivity contribution in [3.8, 4) is 5.75 Å². The number of carbonyl (C=O) groups is 2. The van der Waals surface area contributed by atoms with Gasteiger partial charge in [-0.1, -0.05) is 23.8 Å². The Balaban J connectivity index is 1.76. The maximum Gasteiger partial charge on any atom is 0.387 e. The molecule has 1 saturated heterocycles. The summed E-state index contributed by atoms with van der Waals surface area (Å²) in [5, 5.41) is 0. The number of hydrogen-bond donors (Lipinski definition) is 0. The van der Waals surface area contributed by atoms with Crippen LogP contribution in [0.1, 0.15) is 22.8 Å². The number of amides is 2. The largest absolute Gasteiger partial charge is 0.435 e. The van der Waals surface area contributed by atoms with Crippen LogP contribution in [0.2, 0.25) is 0 Å². The van der Waals surface area contributed by atoms with Crippen molar-refractivity contribution in [3.63, 3.8) is 0 Å². The molecule has 0 unspecified atom stereocenters. The topological polar surface area (TPSA) is 49.9 Å². The lowest BCUT2D eigenvalue weighted by atomic mass is 10.1. The zero-order valence-corrected chi connectivity index (χ0v) is 15.1. The van der Waals surface area contributed by atoms with E-state index in [2.05, 4.69) is 4.74 Å². The van der Waals surface area contributed by atoms with Crippen molar-refractivity contribution >= 4 is 17.5 Å². The van der Waals surface area contributed by atoms with Crippen molar-refractivity contribution in [2.75, 3.05) is 18.0 Å². The molecule has 1 aliphatic heterocycles. The molecule has 5 nitrogen and oxygen atoms in total. The third kappa shape index (κ3) is 4.24. The molecule has 0 bridgehead atoms. The van der Waals surface area contributed by atoms with E-state index in [0.29, 0.717) is 6.54 Å². The fourth-order valence-electron chi connectivity index (χ4n) is 3.07. The van der Waals surface area contributed by atoms with Crippen LogP contribution in [0.3, 0.4) is 0 Å². The van der Waals surface area contributed by atoms with Crippen molar-refractivity contribution in [2.45, 2.75) is 26.5 Å². The number of benzene rings is 2. The molecular formula is C20H20F2N2O3. The first kappa shape index (κ1) is 18.8. The Morgan fingerprint density at radius 1 is 1.19 bits per heavy atom. The molecule has 0 N–H and O–H groups in total. The van der Waals surface area contributed by atoms with Gasteiger partial charge in [-0.3, -0.25) is 9.59 Å². The predicted octanol–water partition coefficient (Wildman–Crippen LogP) is 3.47. The fourth-order valence-corrected chi connectivity index (χ4v) is 3.07. The number of rotatable bonds is 4. The molecule has 0 spiro atoms. The Morgan fingerprint density at radius 3 is 2.56 bits per heavy atom. The fraction of sp³-hybridized carbons (Fsp3) is 0.300. The molecule has 7 heteroatoms. The molecule has 1 heterocycles. The average Bonchev–Trinajstić information content (AvgIpc) is 2.63. The Kier molecular flexibility index (Phi) is 5.39. The highest BCUT2D eigenvalue weighted by Gasteiger charge is 2.33. The number of nitrogens with zero attached hydrogens (tertiary/aromatic N) is 2. The van der Waals surface area contributed by atoms with E-state index in [1.807, 2.05) is 38.1 Å². The number of alkyl halides is 2. The van der Waals surface area contributed by atoms with Crippen LogP contribution in [-0.4, -0.2) is 42.5 Å². The molecule has 1 fully saturated rings. The predicted molar refractivity (Wildman–Crippen MR) is 97.1 cm³/mol. The number of hydrogen-bond acceptors (Lipinski definition) is 3. The molecule has 1 atom stereocenters. The highest BCUT2D eigenvalue weighted by Crippen LogP contribution is 2.23. The van der Waals surface area contributed by atoms with Crippen LogP contribution in [0.25, 0.3) is 0 Å². The molecule has 0 aliphatic carbocycles. The van der Waals surface area contributed by atoms with Gasteiger partial charge in [0.15, 0.2) is 0 Å².